The van der Waals surface area contributed by atoms with Crippen molar-refractivity contribution < 1.29 is 43.9 Å². The van der Waals surface area contributed by atoms with Crippen LogP contribution < -0.4 is 0 Å². The standard InChI is InChI=1S/C31H41NO9S/c1-17-13-30(32-9-10-42-30)31(37)25(39-17)40-22-11-18-3-4-21-20(27(18,16-33)14-23(22)41-31)5-6-26(2)28(35,7-8-29(21,26)36)19-12-24(34)38-15-19/h9,12,16-18,20-23,25,35-37H,3-8,10-11,13-15H2,1-2H3/t17-,18+,20+,21-,22-,23-,25+,26-,27-,28-,29+,30+,31-/m1/s1. The van der Waals surface area contributed by atoms with Gasteiger partial charge in [0.25, 0.3) is 5.79 Å². The molecule has 10 nitrogen and oxygen atoms in total. The lowest BCUT2D eigenvalue weighted by Gasteiger charge is -2.65. The first-order valence-corrected chi connectivity index (χ1v) is 16.6. The maximum atomic E-state index is 13.3. The molecule has 6 fully saturated rings. The van der Waals surface area contributed by atoms with Crippen LogP contribution in [0, 0.1) is 28.6 Å². The number of thioether (sulfide) groups is 1. The van der Waals surface area contributed by atoms with Crippen LogP contribution in [0.1, 0.15) is 71.6 Å². The number of carbonyl (C=O) groups excluding carboxylic acids is 2. The first kappa shape index (κ1) is 28.2. The lowest BCUT2D eigenvalue weighted by Crippen LogP contribution is -2.73. The molecule has 0 aromatic carbocycles. The molecule has 4 aliphatic carbocycles. The summed E-state index contributed by atoms with van der Waals surface area (Å²) in [6, 6.07) is 0. The zero-order chi connectivity index (χ0) is 29.3. The quantitative estimate of drug-likeness (QED) is 0.244. The molecular weight excluding hydrogens is 562 g/mol. The molecule has 8 aliphatic rings. The van der Waals surface area contributed by atoms with E-state index in [9.17, 15) is 24.9 Å². The topological polar surface area (TPSA) is 144 Å². The molecule has 0 radical (unpaired) electrons. The van der Waals surface area contributed by atoms with Crippen LogP contribution in [0.2, 0.25) is 0 Å². The number of aldehydes is 1. The Labute approximate surface area is 249 Å². The van der Waals surface area contributed by atoms with Gasteiger partial charge in [0.15, 0.2) is 4.87 Å². The van der Waals surface area contributed by atoms with Gasteiger partial charge in [-0.1, -0.05) is 6.92 Å². The lowest BCUT2D eigenvalue weighted by atomic mass is 9.42. The molecule has 1 spiro atoms. The number of aliphatic hydroxyl groups is 3. The number of fused-ring (bicyclic) bond motifs is 8. The van der Waals surface area contributed by atoms with Gasteiger partial charge in [-0.3, -0.25) is 4.99 Å². The van der Waals surface area contributed by atoms with Crippen molar-refractivity contribution in [2.24, 2.45) is 33.6 Å². The molecule has 11 heteroatoms. The highest BCUT2D eigenvalue weighted by atomic mass is 32.2. The lowest BCUT2D eigenvalue weighted by molar-refractivity contribution is -0.445. The van der Waals surface area contributed by atoms with Gasteiger partial charge < -0.3 is 39.1 Å². The van der Waals surface area contributed by atoms with Gasteiger partial charge in [-0.2, -0.15) is 0 Å². The predicted molar refractivity (Wildman–Crippen MR) is 150 cm³/mol. The number of aliphatic imine (C=N–C) groups is 1. The Hall–Kier alpha value is -1.34. The highest BCUT2D eigenvalue weighted by Gasteiger charge is 2.75. The Morgan fingerprint density at radius 2 is 1.88 bits per heavy atom. The first-order chi connectivity index (χ1) is 19.9. The van der Waals surface area contributed by atoms with Gasteiger partial charge in [-0.25, -0.2) is 4.79 Å². The predicted octanol–water partition coefficient (Wildman–Crippen LogP) is 2.27. The maximum Gasteiger partial charge on any atom is 0.331 e. The zero-order valence-electron chi connectivity index (χ0n) is 24.2. The summed E-state index contributed by atoms with van der Waals surface area (Å²) >= 11 is 1.54. The third kappa shape index (κ3) is 3.26. The molecule has 0 unspecified atom stereocenters. The molecular formula is C31H41NO9S. The van der Waals surface area contributed by atoms with E-state index in [0.29, 0.717) is 56.3 Å². The van der Waals surface area contributed by atoms with Crippen LogP contribution in [-0.4, -0.2) is 92.6 Å². The number of hydrogen-bond donors (Lipinski definition) is 3. The monoisotopic (exact) mass is 603 g/mol. The van der Waals surface area contributed by atoms with Crippen LogP contribution in [0.4, 0.5) is 0 Å². The van der Waals surface area contributed by atoms with Crippen LogP contribution in [0.5, 0.6) is 0 Å². The summed E-state index contributed by atoms with van der Waals surface area (Å²) in [5.74, 6) is -1.80. The molecule has 230 valence electrons. The Morgan fingerprint density at radius 1 is 1.05 bits per heavy atom. The molecule has 0 amide bonds. The van der Waals surface area contributed by atoms with Gasteiger partial charge in [0.1, 0.15) is 12.9 Å². The Bertz CT molecular complexity index is 1280. The van der Waals surface area contributed by atoms with E-state index < -0.39 is 51.1 Å². The summed E-state index contributed by atoms with van der Waals surface area (Å²) in [7, 11) is 0. The summed E-state index contributed by atoms with van der Waals surface area (Å²) < 4.78 is 24.4. The van der Waals surface area contributed by atoms with Crippen molar-refractivity contribution in [3.8, 4) is 0 Å². The minimum absolute atomic E-state index is 0.0477. The van der Waals surface area contributed by atoms with E-state index in [2.05, 4.69) is 0 Å². The molecule has 2 saturated heterocycles. The SMILES string of the molecule is C[C@@H]1C[C@@]2(N=CCS2)[C@]2(O)O[C@@H]3C[C@@]4(C=O)[C@@H](CC[C@@H]5[C@@H]4CC[C@]4(C)[C@](O)(C6=CC(=O)OC6)CC[C@]54O)C[C@H]3O[C@@H]2O1. The van der Waals surface area contributed by atoms with Crippen molar-refractivity contribution in [1.29, 1.82) is 0 Å². The second-order valence-corrected chi connectivity index (χ2v) is 15.8. The van der Waals surface area contributed by atoms with Gasteiger partial charge in [-0.15, -0.1) is 11.8 Å². The fourth-order valence-electron chi connectivity index (χ4n) is 10.9. The third-order valence-electron chi connectivity index (χ3n) is 13.1. The molecule has 4 heterocycles. The number of cyclic esters (lactones) is 1. The Balaban J connectivity index is 1.12. The average Bonchev–Trinajstić information content (AvgIpc) is 3.67. The molecule has 13 atom stereocenters. The summed E-state index contributed by atoms with van der Waals surface area (Å²) in [6.07, 6.45) is 7.30. The van der Waals surface area contributed by atoms with Gasteiger partial charge in [0.05, 0.1) is 29.5 Å². The smallest absolute Gasteiger partial charge is 0.331 e. The molecule has 8 rings (SSSR count). The molecule has 4 aliphatic heterocycles. The normalized spacial score (nSPS) is 57.9. The molecule has 3 N–H and O–H groups in total. The van der Waals surface area contributed by atoms with Crippen molar-refractivity contribution in [2.45, 2.75) is 118 Å². The van der Waals surface area contributed by atoms with Crippen molar-refractivity contribution in [3.63, 3.8) is 0 Å². The average molecular weight is 604 g/mol. The number of hydrogen-bond acceptors (Lipinski definition) is 11. The number of carbonyl (C=O) groups is 2. The van der Waals surface area contributed by atoms with Crippen LogP contribution in [0.15, 0.2) is 16.6 Å². The van der Waals surface area contributed by atoms with Crippen LogP contribution in [0.25, 0.3) is 0 Å². The van der Waals surface area contributed by atoms with Crippen molar-refractivity contribution in [3.05, 3.63) is 11.6 Å². The van der Waals surface area contributed by atoms with E-state index in [4.69, 9.17) is 23.9 Å². The minimum Gasteiger partial charge on any atom is -0.458 e. The van der Waals surface area contributed by atoms with Crippen molar-refractivity contribution >= 4 is 30.2 Å². The van der Waals surface area contributed by atoms with E-state index in [1.807, 2.05) is 20.1 Å². The minimum atomic E-state index is -1.77. The third-order valence-corrected chi connectivity index (χ3v) is 14.4. The fraction of sp³-hybridized carbons (Fsp3) is 0.839. The molecule has 42 heavy (non-hydrogen) atoms. The molecule has 4 saturated carbocycles. The van der Waals surface area contributed by atoms with Crippen molar-refractivity contribution in [1.82, 2.24) is 0 Å². The van der Waals surface area contributed by atoms with Gasteiger partial charge >= 0.3 is 5.97 Å². The largest absolute Gasteiger partial charge is 0.458 e. The van der Waals surface area contributed by atoms with Gasteiger partial charge in [-0.05, 0) is 76.0 Å². The molecule has 0 bridgehead atoms. The molecule has 0 aromatic rings. The van der Waals surface area contributed by atoms with E-state index in [0.717, 1.165) is 19.1 Å². The van der Waals surface area contributed by atoms with E-state index in [-0.39, 0.29) is 36.6 Å². The number of esters is 1. The van der Waals surface area contributed by atoms with Gasteiger partial charge in [0.2, 0.25) is 6.29 Å². The summed E-state index contributed by atoms with van der Waals surface area (Å²) in [6.45, 7) is 3.96. The highest BCUT2D eigenvalue weighted by Crippen LogP contribution is 2.71. The Kier molecular flexibility index (Phi) is 5.96. The Morgan fingerprint density at radius 3 is 2.60 bits per heavy atom. The van der Waals surface area contributed by atoms with Gasteiger partial charge in [0, 0.05) is 40.9 Å². The summed E-state index contributed by atoms with van der Waals surface area (Å²) in [4.78, 5) is 29.0. The second-order valence-electron chi connectivity index (χ2n) is 14.5. The zero-order valence-corrected chi connectivity index (χ0v) is 25.0. The maximum absolute atomic E-state index is 13.3. The highest BCUT2D eigenvalue weighted by molar-refractivity contribution is 8.01. The van der Waals surface area contributed by atoms with Crippen LogP contribution >= 0.6 is 11.8 Å². The number of rotatable bonds is 2. The summed E-state index contributed by atoms with van der Waals surface area (Å²) in [5, 5.41) is 36.7. The molecule has 0 aromatic heterocycles. The van der Waals surface area contributed by atoms with E-state index in [1.54, 1.807) is 11.8 Å². The van der Waals surface area contributed by atoms with E-state index in [1.165, 1.54) is 6.08 Å². The first-order valence-electron chi connectivity index (χ1n) is 15.6. The number of nitrogens with zero attached hydrogens (tertiary/aromatic N) is 1. The van der Waals surface area contributed by atoms with Crippen LogP contribution in [0.3, 0.4) is 0 Å². The second kappa shape index (κ2) is 8.89. The van der Waals surface area contributed by atoms with Crippen molar-refractivity contribution in [2.75, 3.05) is 12.4 Å². The summed E-state index contributed by atoms with van der Waals surface area (Å²) in [5.41, 5.74) is -3.62. The van der Waals surface area contributed by atoms with E-state index >= 15 is 0 Å². The number of ether oxygens (including phenoxy) is 4. The fourth-order valence-corrected chi connectivity index (χ4v) is 12.2. The van der Waals surface area contributed by atoms with Crippen LogP contribution in [-0.2, 0) is 28.5 Å².